The number of esters is 1. The standard InChI is InChI=1S/C22H23N3O4/c1-29-22(28)17-10-5-7-12-19(17)24-20(26)13-3-2-8-14-25-15-23-18-11-6-4-9-16(18)21(25)27/h4-7,9-12,15H,2-3,8,13-14H2,1H3,(H,24,26). The summed E-state index contributed by atoms with van der Waals surface area (Å²) in [5, 5.41) is 3.37. The van der Waals surface area contributed by atoms with Crippen molar-refractivity contribution in [1.82, 2.24) is 9.55 Å². The molecule has 0 aliphatic carbocycles. The Kier molecular flexibility index (Phi) is 6.73. The Hall–Kier alpha value is -3.48. The summed E-state index contributed by atoms with van der Waals surface area (Å²) in [6.45, 7) is 0.559. The van der Waals surface area contributed by atoms with Crippen LogP contribution in [-0.4, -0.2) is 28.5 Å². The van der Waals surface area contributed by atoms with E-state index in [1.165, 1.54) is 7.11 Å². The van der Waals surface area contributed by atoms with Gasteiger partial charge in [0.1, 0.15) is 0 Å². The van der Waals surface area contributed by atoms with E-state index in [9.17, 15) is 14.4 Å². The number of para-hydroxylation sites is 2. The molecular formula is C22H23N3O4. The number of unbranched alkanes of at least 4 members (excludes halogenated alkanes) is 2. The van der Waals surface area contributed by atoms with Crippen molar-refractivity contribution in [2.45, 2.75) is 32.2 Å². The molecule has 29 heavy (non-hydrogen) atoms. The summed E-state index contributed by atoms with van der Waals surface area (Å²) in [4.78, 5) is 40.7. The first kappa shape index (κ1) is 20.3. The molecule has 0 saturated heterocycles. The predicted octanol–water partition coefficient (Wildman–Crippen LogP) is 3.38. The van der Waals surface area contributed by atoms with Crippen molar-refractivity contribution in [3.05, 3.63) is 70.8 Å². The van der Waals surface area contributed by atoms with Crippen molar-refractivity contribution in [2.75, 3.05) is 12.4 Å². The van der Waals surface area contributed by atoms with Crippen molar-refractivity contribution in [3.8, 4) is 0 Å². The zero-order valence-corrected chi connectivity index (χ0v) is 16.3. The lowest BCUT2D eigenvalue weighted by Crippen LogP contribution is -2.20. The van der Waals surface area contributed by atoms with E-state index in [4.69, 9.17) is 4.74 Å². The van der Waals surface area contributed by atoms with Gasteiger partial charge in [0.05, 0.1) is 35.6 Å². The van der Waals surface area contributed by atoms with Crippen LogP contribution in [0, 0.1) is 0 Å². The van der Waals surface area contributed by atoms with Crippen LogP contribution in [0.15, 0.2) is 59.7 Å². The minimum atomic E-state index is -0.490. The average Bonchev–Trinajstić information content (AvgIpc) is 2.75. The first-order valence-electron chi connectivity index (χ1n) is 9.51. The highest BCUT2D eigenvalue weighted by atomic mass is 16.5. The second kappa shape index (κ2) is 9.64. The van der Waals surface area contributed by atoms with Gasteiger partial charge in [0.2, 0.25) is 5.91 Å². The topological polar surface area (TPSA) is 90.3 Å². The predicted molar refractivity (Wildman–Crippen MR) is 111 cm³/mol. The molecule has 7 heteroatoms. The molecule has 150 valence electrons. The molecule has 3 rings (SSSR count). The summed E-state index contributed by atoms with van der Waals surface area (Å²) >= 11 is 0. The lowest BCUT2D eigenvalue weighted by Gasteiger charge is -2.10. The Morgan fingerprint density at radius 2 is 1.79 bits per heavy atom. The first-order chi connectivity index (χ1) is 14.1. The molecule has 1 amide bonds. The number of amides is 1. The number of hydrogen-bond donors (Lipinski definition) is 1. The Morgan fingerprint density at radius 3 is 2.62 bits per heavy atom. The quantitative estimate of drug-likeness (QED) is 0.468. The normalized spacial score (nSPS) is 10.7. The number of benzene rings is 2. The van der Waals surface area contributed by atoms with Gasteiger partial charge in [0, 0.05) is 13.0 Å². The molecule has 0 spiro atoms. The van der Waals surface area contributed by atoms with Gasteiger partial charge in [-0.15, -0.1) is 0 Å². The smallest absolute Gasteiger partial charge is 0.339 e. The number of fused-ring (bicyclic) bond motifs is 1. The fraction of sp³-hybridized carbons (Fsp3) is 0.273. The second-order valence-electron chi connectivity index (χ2n) is 6.66. The van der Waals surface area contributed by atoms with Crippen LogP contribution in [0.25, 0.3) is 10.9 Å². The largest absolute Gasteiger partial charge is 0.465 e. The maximum absolute atomic E-state index is 12.4. The minimum absolute atomic E-state index is 0.0484. The average molecular weight is 393 g/mol. The number of anilines is 1. The molecule has 2 aromatic carbocycles. The highest BCUT2D eigenvalue weighted by Gasteiger charge is 2.13. The summed E-state index contributed by atoms with van der Waals surface area (Å²) in [6.07, 6.45) is 4.15. The highest BCUT2D eigenvalue weighted by Crippen LogP contribution is 2.16. The molecule has 0 radical (unpaired) electrons. The number of methoxy groups -OCH3 is 1. The van der Waals surface area contributed by atoms with Crippen molar-refractivity contribution in [1.29, 1.82) is 0 Å². The zero-order chi connectivity index (χ0) is 20.6. The molecule has 1 N–H and O–H groups in total. The summed E-state index contributed by atoms with van der Waals surface area (Å²) < 4.78 is 6.33. The molecule has 0 atom stereocenters. The lowest BCUT2D eigenvalue weighted by molar-refractivity contribution is -0.116. The van der Waals surface area contributed by atoms with Crippen molar-refractivity contribution in [2.24, 2.45) is 0 Å². The van der Waals surface area contributed by atoms with Gasteiger partial charge in [0.15, 0.2) is 0 Å². The second-order valence-corrected chi connectivity index (χ2v) is 6.66. The molecule has 7 nitrogen and oxygen atoms in total. The van der Waals surface area contributed by atoms with E-state index in [1.54, 1.807) is 41.2 Å². The van der Waals surface area contributed by atoms with Gasteiger partial charge in [0.25, 0.3) is 5.56 Å². The number of aromatic nitrogens is 2. The third kappa shape index (κ3) is 5.07. The summed E-state index contributed by atoms with van der Waals surface area (Å²) in [7, 11) is 1.30. The Balaban J connectivity index is 1.47. The molecule has 0 bridgehead atoms. The molecule has 1 heterocycles. The molecule has 0 fully saturated rings. The maximum Gasteiger partial charge on any atom is 0.339 e. The van der Waals surface area contributed by atoms with Crippen LogP contribution in [0.1, 0.15) is 36.0 Å². The first-order valence-corrected chi connectivity index (χ1v) is 9.51. The molecule has 1 aromatic heterocycles. The monoisotopic (exact) mass is 393 g/mol. The number of hydrogen-bond acceptors (Lipinski definition) is 5. The Morgan fingerprint density at radius 1 is 1.03 bits per heavy atom. The van der Waals surface area contributed by atoms with Gasteiger partial charge in [-0.1, -0.05) is 30.7 Å². The molecule has 0 aliphatic rings. The van der Waals surface area contributed by atoms with E-state index in [-0.39, 0.29) is 11.5 Å². The third-order valence-corrected chi connectivity index (χ3v) is 4.64. The van der Waals surface area contributed by atoms with E-state index in [0.717, 1.165) is 12.8 Å². The molecule has 3 aromatic rings. The van der Waals surface area contributed by atoms with E-state index >= 15 is 0 Å². The van der Waals surface area contributed by atoms with Gasteiger partial charge in [-0.25, -0.2) is 9.78 Å². The van der Waals surface area contributed by atoms with Gasteiger partial charge < -0.3 is 10.1 Å². The fourth-order valence-corrected chi connectivity index (χ4v) is 3.10. The number of carbonyl (C=O) groups excluding carboxylic acids is 2. The van der Waals surface area contributed by atoms with Crippen LogP contribution in [0.4, 0.5) is 5.69 Å². The number of aryl methyl sites for hydroxylation is 1. The van der Waals surface area contributed by atoms with Gasteiger partial charge in [-0.05, 0) is 37.1 Å². The van der Waals surface area contributed by atoms with Crippen LogP contribution < -0.4 is 10.9 Å². The number of nitrogens with one attached hydrogen (secondary N) is 1. The number of nitrogens with zero attached hydrogens (tertiary/aromatic N) is 2. The lowest BCUT2D eigenvalue weighted by atomic mass is 10.1. The molecule has 0 saturated carbocycles. The summed E-state index contributed by atoms with van der Waals surface area (Å²) in [5.41, 5.74) is 1.41. The highest BCUT2D eigenvalue weighted by molar-refractivity contribution is 6.01. The van der Waals surface area contributed by atoms with Crippen molar-refractivity contribution in [3.63, 3.8) is 0 Å². The van der Waals surface area contributed by atoms with Gasteiger partial charge in [-0.3, -0.25) is 14.2 Å². The number of rotatable bonds is 8. The van der Waals surface area contributed by atoms with Gasteiger partial charge >= 0.3 is 5.97 Å². The Bertz CT molecular complexity index is 1070. The third-order valence-electron chi connectivity index (χ3n) is 4.64. The van der Waals surface area contributed by atoms with Crippen LogP contribution in [0.2, 0.25) is 0 Å². The van der Waals surface area contributed by atoms with Crippen LogP contribution in [0.5, 0.6) is 0 Å². The minimum Gasteiger partial charge on any atom is -0.465 e. The zero-order valence-electron chi connectivity index (χ0n) is 16.3. The fourth-order valence-electron chi connectivity index (χ4n) is 3.10. The maximum atomic E-state index is 12.4. The van der Waals surface area contributed by atoms with Gasteiger partial charge in [-0.2, -0.15) is 0 Å². The summed E-state index contributed by atoms with van der Waals surface area (Å²) in [5.74, 6) is -0.652. The molecular weight excluding hydrogens is 370 g/mol. The number of carbonyl (C=O) groups is 2. The summed E-state index contributed by atoms with van der Waals surface area (Å²) in [6, 6.07) is 14.0. The molecule has 0 unspecified atom stereocenters. The van der Waals surface area contributed by atoms with E-state index in [0.29, 0.717) is 41.5 Å². The van der Waals surface area contributed by atoms with Crippen LogP contribution in [-0.2, 0) is 16.1 Å². The Labute approximate surface area is 168 Å². The van der Waals surface area contributed by atoms with Crippen molar-refractivity contribution >= 4 is 28.5 Å². The van der Waals surface area contributed by atoms with Crippen LogP contribution >= 0.6 is 0 Å². The van der Waals surface area contributed by atoms with E-state index in [1.807, 2.05) is 18.2 Å². The molecule has 0 aliphatic heterocycles. The van der Waals surface area contributed by atoms with Crippen molar-refractivity contribution < 1.29 is 14.3 Å². The van der Waals surface area contributed by atoms with E-state index < -0.39 is 5.97 Å². The van der Waals surface area contributed by atoms with E-state index in [2.05, 4.69) is 10.3 Å². The number of ether oxygens (including phenoxy) is 1. The van der Waals surface area contributed by atoms with Crippen LogP contribution in [0.3, 0.4) is 0 Å². The SMILES string of the molecule is COC(=O)c1ccccc1NC(=O)CCCCCn1cnc2ccccc2c1=O.